The summed E-state index contributed by atoms with van der Waals surface area (Å²) in [4.78, 5) is 11.4. The normalized spacial score (nSPS) is 18.2. The topological polar surface area (TPSA) is 52.6 Å². The van der Waals surface area contributed by atoms with Crippen molar-refractivity contribution in [2.24, 2.45) is 4.99 Å². The van der Waals surface area contributed by atoms with E-state index in [1.165, 1.54) is 35.7 Å². The van der Waals surface area contributed by atoms with Crippen molar-refractivity contribution in [1.82, 2.24) is 15.6 Å². The standard InChI is InChI=1S/C22H28BrN5/c1-24-21(27-16-22(10-11-22)18-6-2-3-7-19(18)23)26-15-17-8-9-20(25-14-17)28-12-4-5-13-28/h2-3,6-9,14H,4-5,10-13,15-16H2,1H3,(H2,24,26,27). The van der Waals surface area contributed by atoms with Gasteiger partial charge < -0.3 is 15.5 Å². The molecule has 0 unspecified atom stereocenters. The fraction of sp³-hybridized carbons (Fsp3) is 0.455. The molecule has 0 spiro atoms. The molecule has 0 atom stereocenters. The Bertz CT molecular complexity index is 823. The Hall–Kier alpha value is -2.08. The Labute approximate surface area is 175 Å². The van der Waals surface area contributed by atoms with Crippen LogP contribution < -0.4 is 15.5 Å². The fourth-order valence-electron chi connectivity index (χ4n) is 3.90. The van der Waals surface area contributed by atoms with E-state index in [2.05, 4.69) is 77.8 Å². The molecule has 148 valence electrons. The Morgan fingerprint density at radius 1 is 1.14 bits per heavy atom. The maximum absolute atomic E-state index is 4.63. The highest BCUT2D eigenvalue weighted by molar-refractivity contribution is 9.10. The lowest BCUT2D eigenvalue weighted by Crippen LogP contribution is -2.41. The van der Waals surface area contributed by atoms with Gasteiger partial charge in [-0.25, -0.2) is 4.98 Å². The van der Waals surface area contributed by atoms with E-state index in [9.17, 15) is 0 Å². The summed E-state index contributed by atoms with van der Waals surface area (Å²) in [5, 5.41) is 6.93. The minimum absolute atomic E-state index is 0.219. The highest BCUT2D eigenvalue weighted by Gasteiger charge is 2.45. The van der Waals surface area contributed by atoms with E-state index in [0.29, 0.717) is 0 Å². The van der Waals surface area contributed by atoms with Gasteiger partial charge in [0, 0.05) is 49.3 Å². The molecule has 2 heterocycles. The van der Waals surface area contributed by atoms with Crippen molar-refractivity contribution in [3.05, 3.63) is 58.2 Å². The molecule has 1 aliphatic heterocycles. The summed E-state index contributed by atoms with van der Waals surface area (Å²) in [5.74, 6) is 1.93. The summed E-state index contributed by atoms with van der Waals surface area (Å²) in [6, 6.07) is 12.8. The second-order valence-electron chi connectivity index (χ2n) is 7.76. The van der Waals surface area contributed by atoms with Crippen LogP contribution in [0.2, 0.25) is 0 Å². The molecule has 0 amide bonds. The average Bonchev–Trinajstić information content (AvgIpc) is 3.31. The van der Waals surface area contributed by atoms with Gasteiger partial charge in [-0.2, -0.15) is 0 Å². The summed E-state index contributed by atoms with van der Waals surface area (Å²) < 4.78 is 1.20. The maximum atomic E-state index is 4.63. The zero-order valence-electron chi connectivity index (χ0n) is 16.4. The summed E-state index contributed by atoms with van der Waals surface area (Å²) in [6.07, 6.45) is 6.93. The van der Waals surface area contributed by atoms with Crippen molar-refractivity contribution in [2.75, 3.05) is 31.6 Å². The summed E-state index contributed by atoms with van der Waals surface area (Å²) >= 11 is 3.70. The van der Waals surface area contributed by atoms with Crippen molar-refractivity contribution in [3.8, 4) is 0 Å². The van der Waals surface area contributed by atoms with E-state index in [4.69, 9.17) is 0 Å². The van der Waals surface area contributed by atoms with E-state index in [1.807, 2.05) is 13.2 Å². The van der Waals surface area contributed by atoms with Gasteiger partial charge in [0.1, 0.15) is 5.82 Å². The van der Waals surface area contributed by atoms with Crippen molar-refractivity contribution < 1.29 is 0 Å². The molecule has 0 radical (unpaired) electrons. The van der Waals surface area contributed by atoms with Gasteiger partial charge in [0.05, 0.1) is 0 Å². The van der Waals surface area contributed by atoms with Crippen LogP contribution in [0.5, 0.6) is 0 Å². The zero-order chi connectivity index (χ0) is 19.4. The van der Waals surface area contributed by atoms with Crippen LogP contribution in [0, 0.1) is 0 Å². The summed E-state index contributed by atoms with van der Waals surface area (Å²) in [5.41, 5.74) is 2.77. The molecule has 4 rings (SSSR count). The van der Waals surface area contributed by atoms with E-state index < -0.39 is 0 Å². The van der Waals surface area contributed by atoms with Crippen molar-refractivity contribution in [3.63, 3.8) is 0 Å². The van der Waals surface area contributed by atoms with E-state index in [1.54, 1.807) is 0 Å². The number of nitrogens with zero attached hydrogens (tertiary/aromatic N) is 3. The predicted molar refractivity (Wildman–Crippen MR) is 119 cm³/mol. The lowest BCUT2D eigenvalue weighted by Gasteiger charge is -2.20. The molecular weight excluding hydrogens is 414 g/mol. The molecule has 28 heavy (non-hydrogen) atoms. The largest absolute Gasteiger partial charge is 0.357 e. The molecule has 1 saturated carbocycles. The van der Waals surface area contributed by atoms with Crippen LogP contribution in [0.25, 0.3) is 0 Å². The lowest BCUT2D eigenvalue weighted by molar-refractivity contribution is 0.643. The van der Waals surface area contributed by atoms with Gasteiger partial charge in [0.25, 0.3) is 0 Å². The molecule has 1 saturated heterocycles. The third kappa shape index (κ3) is 4.32. The Balaban J connectivity index is 1.30. The zero-order valence-corrected chi connectivity index (χ0v) is 18.0. The minimum atomic E-state index is 0.219. The number of rotatable bonds is 6. The molecule has 6 heteroatoms. The van der Waals surface area contributed by atoms with Crippen LogP contribution in [0.4, 0.5) is 5.82 Å². The van der Waals surface area contributed by atoms with Gasteiger partial charge >= 0.3 is 0 Å². The summed E-state index contributed by atoms with van der Waals surface area (Å²) in [7, 11) is 1.82. The number of aliphatic imine (C=N–C) groups is 1. The van der Waals surface area contributed by atoms with Gasteiger partial charge in [-0.05, 0) is 48.9 Å². The first-order valence-corrected chi connectivity index (χ1v) is 10.9. The SMILES string of the molecule is CN=C(NCc1ccc(N2CCCC2)nc1)NCC1(c2ccccc2Br)CC1. The Morgan fingerprint density at radius 2 is 1.93 bits per heavy atom. The fourth-order valence-corrected chi connectivity index (χ4v) is 4.60. The highest BCUT2D eigenvalue weighted by atomic mass is 79.9. The smallest absolute Gasteiger partial charge is 0.191 e. The van der Waals surface area contributed by atoms with Crippen LogP contribution >= 0.6 is 15.9 Å². The monoisotopic (exact) mass is 441 g/mol. The Morgan fingerprint density at radius 3 is 2.57 bits per heavy atom. The first-order chi connectivity index (χ1) is 13.7. The molecular formula is C22H28BrN5. The van der Waals surface area contributed by atoms with Crippen LogP contribution in [0.1, 0.15) is 36.8 Å². The number of hydrogen-bond acceptors (Lipinski definition) is 3. The summed E-state index contributed by atoms with van der Waals surface area (Å²) in [6.45, 7) is 3.86. The predicted octanol–water partition coefficient (Wildman–Crippen LogP) is 3.84. The van der Waals surface area contributed by atoms with E-state index in [0.717, 1.165) is 43.5 Å². The van der Waals surface area contributed by atoms with E-state index >= 15 is 0 Å². The number of halogens is 1. The van der Waals surface area contributed by atoms with Crippen LogP contribution in [0.15, 0.2) is 52.1 Å². The second-order valence-corrected chi connectivity index (χ2v) is 8.61. The van der Waals surface area contributed by atoms with Gasteiger partial charge in [-0.1, -0.05) is 40.2 Å². The molecule has 2 N–H and O–H groups in total. The Kier molecular flexibility index (Phi) is 5.85. The van der Waals surface area contributed by atoms with Crippen molar-refractivity contribution >= 4 is 27.7 Å². The number of pyridine rings is 1. The molecule has 1 aromatic heterocycles. The molecule has 2 aromatic rings. The van der Waals surface area contributed by atoms with E-state index in [-0.39, 0.29) is 5.41 Å². The molecule has 0 bridgehead atoms. The second kappa shape index (κ2) is 8.52. The lowest BCUT2D eigenvalue weighted by atomic mass is 9.96. The molecule has 1 aliphatic carbocycles. The average molecular weight is 442 g/mol. The first-order valence-electron chi connectivity index (χ1n) is 10.1. The van der Waals surface area contributed by atoms with Gasteiger partial charge in [0.2, 0.25) is 0 Å². The number of nitrogens with one attached hydrogen (secondary N) is 2. The van der Waals surface area contributed by atoms with Crippen molar-refractivity contribution in [1.29, 1.82) is 0 Å². The third-order valence-corrected chi connectivity index (χ3v) is 6.51. The van der Waals surface area contributed by atoms with Gasteiger partial charge in [0.15, 0.2) is 5.96 Å². The number of anilines is 1. The number of benzene rings is 1. The van der Waals surface area contributed by atoms with Crippen molar-refractivity contribution in [2.45, 2.75) is 37.6 Å². The molecule has 5 nitrogen and oxygen atoms in total. The van der Waals surface area contributed by atoms with Crippen LogP contribution in [-0.4, -0.2) is 37.6 Å². The van der Waals surface area contributed by atoms with Gasteiger partial charge in [-0.3, -0.25) is 4.99 Å². The van der Waals surface area contributed by atoms with Crippen LogP contribution in [-0.2, 0) is 12.0 Å². The number of aromatic nitrogens is 1. The molecule has 2 aliphatic rings. The number of hydrogen-bond donors (Lipinski definition) is 2. The quantitative estimate of drug-likeness (QED) is 0.527. The minimum Gasteiger partial charge on any atom is -0.357 e. The first kappa shape index (κ1) is 19.2. The molecule has 2 fully saturated rings. The molecule has 1 aromatic carbocycles. The highest BCUT2D eigenvalue weighted by Crippen LogP contribution is 2.49. The van der Waals surface area contributed by atoms with Gasteiger partial charge in [-0.15, -0.1) is 0 Å². The number of guanidine groups is 1. The third-order valence-electron chi connectivity index (χ3n) is 5.82. The van der Waals surface area contributed by atoms with Crippen LogP contribution in [0.3, 0.4) is 0 Å². The maximum Gasteiger partial charge on any atom is 0.191 e.